The van der Waals surface area contributed by atoms with Crippen LogP contribution in [0.4, 0.5) is 4.79 Å². The van der Waals surface area contributed by atoms with Crippen LogP contribution in [0.25, 0.3) is 0 Å². The van der Waals surface area contributed by atoms with Gasteiger partial charge >= 0.3 is 6.09 Å². The van der Waals surface area contributed by atoms with Gasteiger partial charge in [0.15, 0.2) is 0 Å². The Labute approximate surface area is 271 Å². The molecule has 1 heterocycles. The molecule has 3 unspecified atom stereocenters. The summed E-state index contributed by atoms with van der Waals surface area (Å²) >= 11 is 0. The van der Waals surface area contributed by atoms with E-state index in [9.17, 15) is 24.0 Å². The van der Waals surface area contributed by atoms with Crippen molar-refractivity contribution < 1.29 is 28.7 Å². The number of nitrogens with zero attached hydrogens (tertiary/aromatic N) is 1. The van der Waals surface area contributed by atoms with Crippen LogP contribution in [0.15, 0.2) is 24.3 Å². The number of hydrogen-bond acceptors (Lipinski definition) is 6. The van der Waals surface area contributed by atoms with Crippen LogP contribution in [0.1, 0.15) is 126 Å². The molecule has 3 atom stereocenters. The smallest absolute Gasteiger partial charge is 0.408 e. The molecule has 0 aromatic rings. The van der Waals surface area contributed by atoms with Crippen molar-refractivity contribution in [1.82, 2.24) is 20.9 Å². The van der Waals surface area contributed by atoms with Gasteiger partial charge in [-0.15, -0.1) is 6.58 Å². The average molecular weight is 633 g/mol. The maximum Gasteiger partial charge on any atom is 0.408 e. The summed E-state index contributed by atoms with van der Waals surface area (Å²) < 4.78 is 5.51. The first-order chi connectivity index (χ1) is 21.1. The number of nitrogens with one attached hydrogen (secondary N) is 3. The molecule has 1 saturated heterocycles. The number of rotatable bonds is 14. The molecule has 0 spiro atoms. The minimum absolute atomic E-state index is 0.221. The fraction of sp³-hybridized carbons (Fsp3) is 0.743. The minimum atomic E-state index is -1.04. The summed E-state index contributed by atoms with van der Waals surface area (Å²) in [6, 6.07) is -2.80. The van der Waals surface area contributed by atoms with Crippen molar-refractivity contribution in [3.05, 3.63) is 24.3 Å². The molecule has 0 bridgehead atoms. The molecule has 0 radical (unpaired) electrons. The lowest BCUT2D eigenvalue weighted by atomic mass is 9.85. The number of hydrogen-bond donors (Lipinski definition) is 3. The van der Waals surface area contributed by atoms with Crippen LogP contribution in [0, 0.1) is 5.41 Å². The molecule has 256 valence electrons. The van der Waals surface area contributed by atoms with Gasteiger partial charge in [0.25, 0.3) is 5.91 Å². The highest BCUT2D eigenvalue weighted by atomic mass is 16.6. The Kier molecular flexibility index (Phi) is 17.2. The third-order valence-corrected chi connectivity index (χ3v) is 8.07. The summed E-state index contributed by atoms with van der Waals surface area (Å²) in [4.78, 5) is 67.2. The number of amides is 4. The van der Waals surface area contributed by atoms with E-state index in [0.29, 0.717) is 45.2 Å². The lowest BCUT2D eigenvalue weighted by Gasteiger charge is -2.36. The van der Waals surface area contributed by atoms with E-state index in [1.165, 1.54) is 23.3 Å². The number of allylic oxidation sites excluding steroid dienone is 2. The zero-order valence-corrected chi connectivity index (χ0v) is 29.2. The van der Waals surface area contributed by atoms with E-state index in [1.807, 2.05) is 27.7 Å². The Hall–Kier alpha value is -3.17. The van der Waals surface area contributed by atoms with Gasteiger partial charge in [-0.2, -0.15) is 0 Å². The van der Waals surface area contributed by atoms with Gasteiger partial charge in [-0.25, -0.2) is 4.79 Å². The van der Waals surface area contributed by atoms with E-state index in [2.05, 4.69) is 42.5 Å². The Morgan fingerprint density at radius 2 is 1.71 bits per heavy atom. The molecule has 0 saturated carbocycles. The predicted octanol–water partition coefficient (Wildman–Crippen LogP) is 5.75. The van der Waals surface area contributed by atoms with Crippen molar-refractivity contribution in [3.8, 4) is 0 Å². The molecule has 10 heteroatoms. The fourth-order valence-corrected chi connectivity index (χ4v) is 5.12. The van der Waals surface area contributed by atoms with Gasteiger partial charge in [0.1, 0.15) is 17.7 Å². The van der Waals surface area contributed by atoms with Crippen LogP contribution < -0.4 is 16.0 Å². The maximum atomic E-state index is 13.8. The third kappa shape index (κ3) is 13.8. The number of alkyl carbamates (subject to hydrolysis) is 1. The highest BCUT2D eigenvalue weighted by Gasteiger charge is 2.43. The van der Waals surface area contributed by atoms with E-state index in [1.54, 1.807) is 19.9 Å². The number of ketones is 1. The monoisotopic (exact) mass is 632 g/mol. The first kappa shape index (κ1) is 39.9. The molecule has 10 nitrogen and oxygen atoms in total. The van der Waals surface area contributed by atoms with Crippen LogP contribution in [0.3, 0.4) is 0 Å². The van der Waals surface area contributed by atoms with Crippen LogP contribution >= 0.6 is 0 Å². The van der Waals surface area contributed by atoms with E-state index in [0.717, 1.165) is 19.3 Å². The molecule has 0 aromatic carbocycles. The fourth-order valence-electron chi connectivity index (χ4n) is 5.12. The lowest BCUT2D eigenvalue weighted by molar-refractivity contribution is -0.144. The topological polar surface area (TPSA) is 134 Å². The second-order valence-corrected chi connectivity index (χ2v) is 13.7. The van der Waals surface area contributed by atoms with Crippen molar-refractivity contribution in [1.29, 1.82) is 0 Å². The quantitative estimate of drug-likeness (QED) is 0.165. The van der Waals surface area contributed by atoms with Gasteiger partial charge in [-0.3, -0.25) is 19.2 Å². The Morgan fingerprint density at radius 3 is 2.27 bits per heavy atom. The maximum absolute atomic E-state index is 13.8. The van der Waals surface area contributed by atoms with Crippen LogP contribution in [-0.4, -0.2) is 71.3 Å². The Morgan fingerprint density at radius 1 is 1.04 bits per heavy atom. The van der Waals surface area contributed by atoms with Crippen LogP contribution in [0.5, 0.6) is 0 Å². The highest BCUT2D eigenvalue weighted by molar-refractivity contribution is 6.38. The lowest BCUT2D eigenvalue weighted by Crippen LogP contribution is -2.59. The first-order valence-electron chi connectivity index (χ1n) is 16.8. The van der Waals surface area contributed by atoms with Crippen molar-refractivity contribution >= 4 is 29.6 Å². The van der Waals surface area contributed by atoms with E-state index in [4.69, 9.17) is 4.74 Å². The average Bonchev–Trinajstić information content (AvgIpc) is 3.48. The van der Waals surface area contributed by atoms with Crippen molar-refractivity contribution in [2.75, 3.05) is 13.1 Å². The van der Waals surface area contributed by atoms with Gasteiger partial charge in [0.05, 0.1) is 6.04 Å². The zero-order chi connectivity index (χ0) is 34.2. The molecule has 1 fully saturated rings. The Bertz CT molecular complexity index is 1050. The van der Waals surface area contributed by atoms with E-state index in [-0.39, 0.29) is 6.42 Å². The molecule has 3 N–H and O–H groups in total. The number of carbonyl (C=O) groups excluding carboxylic acids is 5. The third-order valence-electron chi connectivity index (χ3n) is 8.07. The highest BCUT2D eigenvalue weighted by Crippen LogP contribution is 2.27. The molecule has 0 aromatic heterocycles. The summed E-state index contributed by atoms with van der Waals surface area (Å²) in [6.07, 6.45) is 11.7. The standard InChI is InChI=1S/C32H52N4O6.C3H8/c1-8-10-17-23(25(37)28(39)33-20-19-22-15-12-11-13-16-22)34-27(38)24-18-14-21-36(24)29(40)26(31(3,4)5)35-30(41)42-32(6,7)9-2;1-3-2/h8,15,23-24,26H,1,9-14,16-21H2,2-7H3,(H,33,39)(H,34,38)(H,35,41);3H2,1-2H3. The summed E-state index contributed by atoms with van der Waals surface area (Å²) in [7, 11) is 0. The summed E-state index contributed by atoms with van der Waals surface area (Å²) in [5.41, 5.74) is -0.0654. The largest absolute Gasteiger partial charge is 0.444 e. The van der Waals surface area contributed by atoms with Gasteiger partial charge in [0, 0.05) is 13.1 Å². The number of likely N-dealkylation sites (tertiary alicyclic amines) is 1. The van der Waals surface area contributed by atoms with Crippen molar-refractivity contribution in [2.24, 2.45) is 5.41 Å². The molecule has 1 aliphatic carbocycles. The SMILES string of the molecule is C=CCCC(NC(=O)C1CCCN1C(=O)C(NC(=O)OC(C)(C)CC)C(C)(C)C)C(=O)C(=O)NCCC1=CCCCC1.CCC. The zero-order valence-electron chi connectivity index (χ0n) is 29.2. The summed E-state index contributed by atoms with van der Waals surface area (Å²) in [5.74, 6) is -2.33. The minimum Gasteiger partial charge on any atom is -0.444 e. The van der Waals surface area contributed by atoms with Gasteiger partial charge in [0.2, 0.25) is 17.6 Å². The molecular formula is C35H60N4O6. The van der Waals surface area contributed by atoms with Crippen molar-refractivity contribution in [3.63, 3.8) is 0 Å². The van der Waals surface area contributed by atoms with Gasteiger partial charge in [-0.05, 0) is 83.5 Å². The van der Waals surface area contributed by atoms with Gasteiger partial charge in [-0.1, -0.05) is 65.7 Å². The van der Waals surface area contributed by atoms with E-state index < -0.39 is 58.7 Å². The Balaban J connectivity index is 0.00000324. The summed E-state index contributed by atoms with van der Waals surface area (Å²) in [6.45, 7) is 19.6. The predicted molar refractivity (Wildman–Crippen MR) is 178 cm³/mol. The second kappa shape index (κ2) is 19.4. The molecule has 2 aliphatic rings. The first-order valence-corrected chi connectivity index (χ1v) is 16.8. The summed E-state index contributed by atoms with van der Waals surface area (Å²) in [5, 5.41) is 8.17. The molecule has 45 heavy (non-hydrogen) atoms. The second-order valence-electron chi connectivity index (χ2n) is 13.7. The van der Waals surface area contributed by atoms with E-state index >= 15 is 0 Å². The molecule has 2 rings (SSSR count). The molecule has 4 amide bonds. The molecule has 1 aliphatic heterocycles. The normalized spacial score (nSPS) is 17.9. The van der Waals surface area contributed by atoms with Gasteiger partial charge < -0.3 is 25.6 Å². The number of ether oxygens (including phenoxy) is 1. The van der Waals surface area contributed by atoms with Crippen LogP contribution in [0.2, 0.25) is 0 Å². The van der Waals surface area contributed by atoms with Crippen molar-refractivity contribution in [2.45, 2.75) is 150 Å². The number of carbonyl (C=O) groups is 5. The molecular weight excluding hydrogens is 572 g/mol. The van der Waals surface area contributed by atoms with Crippen LogP contribution in [-0.2, 0) is 23.9 Å². The number of Topliss-reactive ketones (excluding diaryl/α,β-unsaturated/α-hetero) is 1.